The number of hydrogen-bond donors (Lipinski definition) is 3. The second-order valence-electron chi connectivity index (χ2n) is 9.80. The highest BCUT2D eigenvalue weighted by molar-refractivity contribution is 7.23. The number of amides is 1. The number of benzene rings is 4. The number of carbonyl (C=O) groups excluding carboxylic acids is 1. The first-order valence-corrected chi connectivity index (χ1v) is 15.3. The summed E-state index contributed by atoms with van der Waals surface area (Å²) in [6.07, 6.45) is 0.285. The number of aromatic nitrogens is 2. The lowest BCUT2D eigenvalue weighted by atomic mass is 10.0. The lowest BCUT2D eigenvalue weighted by molar-refractivity contribution is -0.115. The van der Waals surface area contributed by atoms with Crippen molar-refractivity contribution in [1.29, 1.82) is 0 Å². The Kier molecular flexibility index (Phi) is 8.31. The molecule has 0 aliphatic heterocycles. The third-order valence-electron chi connectivity index (χ3n) is 6.89. The molecule has 0 spiro atoms. The zero-order valence-corrected chi connectivity index (χ0v) is 25.8. The maximum absolute atomic E-state index is 12.9. The third-order valence-corrected chi connectivity index (χ3v) is 8.87. The predicted octanol–water partition coefficient (Wildman–Crippen LogP) is 7.62. The molecule has 222 valence electrons. The Morgan fingerprint density at radius 3 is 2.36 bits per heavy atom. The lowest BCUT2D eigenvalue weighted by Gasteiger charge is -2.14. The van der Waals surface area contributed by atoms with Crippen molar-refractivity contribution in [3.05, 3.63) is 89.8 Å². The summed E-state index contributed by atoms with van der Waals surface area (Å²) < 4.78 is 16.3. The first-order chi connectivity index (χ1) is 21.4. The molecule has 0 bridgehead atoms. The Labute approximate surface area is 262 Å². The number of rotatable bonds is 10. The van der Waals surface area contributed by atoms with Gasteiger partial charge in [-0.25, -0.2) is 9.97 Å². The molecule has 0 atom stereocenters. The number of fused-ring (bicyclic) bond motifs is 1. The molecule has 0 aliphatic carbocycles. The molecule has 0 radical (unpaired) electrons. The first kappa shape index (κ1) is 29.0. The van der Waals surface area contributed by atoms with E-state index < -0.39 is 0 Å². The minimum Gasteiger partial charge on any atom is -0.493 e. The molecule has 2 aromatic heterocycles. The van der Waals surface area contributed by atoms with Crippen molar-refractivity contribution < 1.29 is 19.0 Å². The summed E-state index contributed by atoms with van der Waals surface area (Å²) in [5.41, 5.74) is 10.4. The van der Waals surface area contributed by atoms with Crippen LogP contribution in [0.2, 0.25) is 0 Å². The van der Waals surface area contributed by atoms with Crippen LogP contribution in [0.5, 0.6) is 17.2 Å². The Balaban J connectivity index is 1.16. The molecule has 0 saturated heterocycles. The van der Waals surface area contributed by atoms with Gasteiger partial charge in [-0.2, -0.15) is 0 Å². The van der Waals surface area contributed by atoms with Crippen LogP contribution in [0.25, 0.3) is 31.9 Å². The average Bonchev–Trinajstić information content (AvgIpc) is 3.67. The number of thiazole rings is 2. The molecule has 0 aliphatic rings. The number of ether oxygens (including phenoxy) is 3. The maximum Gasteiger partial charge on any atom is 0.228 e. The van der Waals surface area contributed by atoms with Crippen molar-refractivity contribution in [2.75, 3.05) is 37.7 Å². The molecule has 9 nitrogen and oxygen atoms in total. The Bertz CT molecular complexity index is 1940. The van der Waals surface area contributed by atoms with Crippen molar-refractivity contribution in [2.24, 2.45) is 0 Å². The van der Waals surface area contributed by atoms with Crippen LogP contribution < -0.4 is 30.6 Å². The van der Waals surface area contributed by atoms with Gasteiger partial charge in [-0.15, -0.1) is 11.3 Å². The summed E-state index contributed by atoms with van der Waals surface area (Å²) in [6, 6.07) is 25.5. The Morgan fingerprint density at radius 2 is 1.61 bits per heavy atom. The number of nitrogens with zero attached hydrogens (tertiary/aromatic N) is 2. The summed E-state index contributed by atoms with van der Waals surface area (Å²) in [5, 5.41) is 11.9. The summed E-state index contributed by atoms with van der Waals surface area (Å²) in [6.45, 7) is 0. The fraction of sp³-hybridized carbons (Fsp3) is 0.121. The Morgan fingerprint density at radius 1 is 0.841 bits per heavy atom. The molecule has 6 aromatic rings. The van der Waals surface area contributed by atoms with Gasteiger partial charge in [0.2, 0.25) is 11.7 Å². The van der Waals surface area contributed by atoms with Gasteiger partial charge in [0.05, 0.1) is 33.4 Å². The van der Waals surface area contributed by atoms with Crippen molar-refractivity contribution >= 4 is 61.7 Å². The van der Waals surface area contributed by atoms with E-state index in [4.69, 9.17) is 24.9 Å². The molecule has 6 rings (SSSR count). The second-order valence-corrected chi connectivity index (χ2v) is 11.7. The molecular formula is C33H29N5O4S2. The highest BCUT2D eigenvalue weighted by Gasteiger charge is 2.18. The molecule has 4 aromatic carbocycles. The fourth-order valence-electron chi connectivity index (χ4n) is 4.82. The molecular weight excluding hydrogens is 595 g/mol. The van der Waals surface area contributed by atoms with Gasteiger partial charge in [-0.1, -0.05) is 65.9 Å². The van der Waals surface area contributed by atoms with E-state index >= 15 is 0 Å². The third kappa shape index (κ3) is 6.14. The van der Waals surface area contributed by atoms with Gasteiger partial charge in [0.25, 0.3) is 0 Å². The van der Waals surface area contributed by atoms with E-state index in [1.165, 1.54) is 22.7 Å². The molecule has 0 saturated carbocycles. The SMILES string of the molecule is COc1cc(Nc2nc(N)c(-c3nc(-c4cccc(NC(=O)Cc5ccc6ccccc6c5)c4)cs3)s2)cc(OC)c1OC. The van der Waals surface area contributed by atoms with Gasteiger partial charge in [-0.3, -0.25) is 4.79 Å². The van der Waals surface area contributed by atoms with Gasteiger partial charge in [-0.05, 0) is 28.5 Å². The zero-order chi connectivity index (χ0) is 30.6. The van der Waals surface area contributed by atoms with E-state index in [0.717, 1.165) is 37.5 Å². The summed E-state index contributed by atoms with van der Waals surface area (Å²) >= 11 is 2.88. The van der Waals surface area contributed by atoms with E-state index in [1.807, 2.05) is 53.9 Å². The lowest BCUT2D eigenvalue weighted by Crippen LogP contribution is -2.14. The van der Waals surface area contributed by atoms with E-state index in [1.54, 1.807) is 33.5 Å². The van der Waals surface area contributed by atoms with Crippen LogP contribution in [0, 0.1) is 0 Å². The first-order valence-electron chi connectivity index (χ1n) is 13.6. The summed E-state index contributed by atoms with van der Waals surface area (Å²) in [4.78, 5) is 23.0. The second kappa shape index (κ2) is 12.6. The number of methoxy groups -OCH3 is 3. The molecule has 0 fully saturated rings. The fourth-order valence-corrected chi connectivity index (χ4v) is 6.66. The zero-order valence-electron chi connectivity index (χ0n) is 24.2. The van der Waals surface area contributed by atoms with Gasteiger partial charge >= 0.3 is 0 Å². The van der Waals surface area contributed by atoms with E-state index in [9.17, 15) is 4.79 Å². The minimum atomic E-state index is -0.0824. The topological polar surface area (TPSA) is 121 Å². The van der Waals surface area contributed by atoms with Crippen LogP contribution in [0.4, 0.5) is 22.3 Å². The monoisotopic (exact) mass is 623 g/mol. The summed E-state index contributed by atoms with van der Waals surface area (Å²) in [5.74, 6) is 1.84. The van der Waals surface area contributed by atoms with Crippen molar-refractivity contribution in [1.82, 2.24) is 9.97 Å². The average molecular weight is 624 g/mol. The molecule has 11 heteroatoms. The van der Waals surface area contributed by atoms with Crippen molar-refractivity contribution in [3.8, 4) is 38.4 Å². The van der Waals surface area contributed by atoms with Crippen LogP contribution in [0.3, 0.4) is 0 Å². The number of anilines is 4. The Hall–Kier alpha value is -5.13. The normalized spacial score (nSPS) is 10.9. The van der Waals surface area contributed by atoms with Gasteiger partial charge < -0.3 is 30.6 Å². The van der Waals surface area contributed by atoms with Gasteiger partial charge in [0.1, 0.15) is 15.7 Å². The molecule has 44 heavy (non-hydrogen) atoms. The minimum absolute atomic E-state index is 0.0824. The molecule has 0 unspecified atom stereocenters. The standard InChI is InChI=1S/C33H29N5O4S2/c1-40-26-16-24(17-27(41-2)29(26)42-3)36-33-38-31(34)30(44-33)32-37-25(18-43-32)22-9-6-10-23(15-22)35-28(39)14-19-11-12-20-7-4-5-8-21(20)13-19/h4-13,15-18H,14,34H2,1-3H3,(H,35,39)(H,36,38). The van der Waals surface area contributed by atoms with Crippen LogP contribution in [0.1, 0.15) is 5.56 Å². The van der Waals surface area contributed by atoms with Gasteiger partial charge in [0.15, 0.2) is 16.6 Å². The number of nitrogens with two attached hydrogens (primary N) is 1. The number of carbonyl (C=O) groups is 1. The van der Waals surface area contributed by atoms with E-state index in [0.29, 0.717) is 39.6 Å². The van der Waals surface area contributed by atoms with E-state index in [-0.39, 0.29) is 12.3 Å². The number of nitrogen functional groups attached to an aromatic ring is 1. The predicted molar refractivity (Wildman–Crippen MR) is 179 cm³/mol. The van der Waals surface area contributed by atoms with Crippen molar-refractivity contribution in [3.63, 3.8) is 0 Å². The maximum atomic E-state index is 12.9. The molecule has 1 amide bonds. The molecule has 2 heterocycles. The number of hydrogen-bond acceptors (Lipinski definition) is 10. The quantitative estimate of drug-likeness (QED) is 0.143. The largest absolute Gasteiger partial charge is 0.493 e. The molecule has 4 N–H and O–H groups in total. The highest BCUT2D eigenvalue weighted by Crippen LogP contribution is 2.43. The smallest absolute Gasteiger partial charge is 0.228 e. The van der Waals surface area contributed by atoms with Crippen molar-refractivity contribution in [2.45, 2.75) is 6.42 Å². The van der Waals surface area contributed by atoms with Crippen LogP contribution in [-0.4, -0.2) is 37.2 Å². The van der Waals surface area contributed by atoms with Gasteiger partial charge in [0, 0.05) is 34.5 Å². The highest BCUT2D eigenvalue weighted by atomic mass is 32.1. The summed E-state index contributed by atoms with van der Waals surface area (Å²) in [7, 11) is 4.69. The van der Waals surface area contributed by atoms with Crippen LogP contribution >= 0.6 is 22.7 Å². The number of nitrogens with one attached hydrogen (secondary N) is 2. The van der Waals surface area contributed by atoms with Crippen LogP contribution in [-0.2, 0) is 11.2 Å². The van der Waals surface area contributed by atoms with Crippen LogP contribution in [0.15, 0.2) is 84.2 Å². The van der Waals surface area contributed by atoms with E-state index in [2.05, 4.69) is 33.8 Å².